The second-order valence-electron chi connectivity index (χ2n) is 5.57. The number of nitrogens with zero attached hydrogens (tertiary/aromatic N) is 4. The third-order valence-corrected chi connectivity index (χ3v) is 4.34. The third-order valence-electron chi connectivity index (χ3n) is 3.83. The molecule has 9 nitrogen and oxygen atoms in total. The number of amides is 2. The molecule has 5 N–H and O–H groups in total. The Morgan fingerprint density at radius 2 is 2.07 bits per heavy atom. The van der Waals surface area contributed by atoms with Crippen LogP contribution in [0.3, 0.4) is 0 Å². The second kappa shape index (κ2) is 8.36. The zero-order valence-electron chi connectivity index (χ0n) is 14.3. The summed E-state index contributed by atoms with van der Waals surface area (Å²) in [5, 5.41) is 8.27. The van der Waals surface area contributed by atoms with Crippen LogP contribution >= 0.6 is 23.2 Å². The third kappa shape index (κ3) is 3.82. The summed E-state index contributed by atoms with van der Waals surface area (Å²) in [6.07, 6.45) is 3.36. The summed E-state index contributed by atoms with van der Waals surface area (Å²) < 4.78 is 1.30. The highest BCUT2D eigenvalue weighted by Gasteiger charge is 2.20. The number of halogens is 2. The lowest BCUT2D eigenvalue weighted by molar-refractivity contribution is -0.107. The fourth-order valence-corrected chi connectivity index (χ4v) is 3.00. The Hall–Kier alpha value is -2.98. The lowest BCUT2D eigenvalue weighted by atomic mass is 10.1. The van der Waals surface area contributed by atoms with Crippen molar-refractivity contribution in [1.82, 2.24) is 14.8 Å². The van der Waals surface area contributed by atoms with E-state index in [0.717, 1.165) is 5.01 Å². The second-order valence-corrected chi connectivity index (χ2v) is 6.41. The van der Waals surface area contributed by atoms with E-state index in [2.05, 4.69) is 15.4 Å². The number of hydrazine groups is 1. The average Bonchev–Trinajstić information content (AvgIpc) is 3.18. The molecular weight excluding hydrogens is 405 g/mol. The fourth-order valence-electron chi connectivity index (χ4n) is 2.57. The Morgan fingerprint density at radius 1 is 1.29 bits per heavy atom. The van der Waals surface area contributed by atoms with E-state index in [0.29, 0.717) is 27.8 Å². The van der Waals surface area contributed by atoms with Gasteiger partial charge in [-0.1, -0.05) is 23.2 Å². The van der Waals surface area contributed by atoms with E-state index in [1.165, 1.54) is 29.2 Å². The first-order chi connectivity index (χ1) is 13.5. The Bertz CT molecular complexity index is 1040. The predicted molar refractivity (Wildman–Crippen MR) is 106 cm³/mol. The standard InChI is InChI=1S/C17H15Cl2N7O2/c18-11-6-10(8-20)15(14(7-11)25(21)9-27)24-17(28)13-3-5-23-26(13)16-12(19)2-1-4-22-16/h1-7,9H,8,20-21H2,(H,24,28). The van der Waals surface area contributed by atoms with Gasteiger partial charge in [0.15, 0.2) is 5.82 Å². The van der Waals surface area contributed by atoms with Crippen molar-refractivity contribution in [2.75, 3.05) is 10.3 Å². The topological polar surface area (TPSA) is 132 Å². The van der Waals surface area contributed by atoms with E-state index in [9.17, 15) is 9.59 Å². The minimum Gasteiger partial charge on any atom is -0.326 e. The molecule has 0 radical (unpaired) electrons. The molecule has 0 unspecified atom stereocenters. The quantitative estimate of drug-likeness (QED) is 0.242. The Morgan fingerprint density at radius 3 is 2.75 bits per heavy atom. The van der Waals surface area contributed by atoms with Crippen molar-refractivity contribution in [2.45, 2.75) is 6.54 Å². The van der Waals surface area contributed by atoms with Gasteiger partial charge in [-0.15, -0.1) is 0 Å². The normalized spacial score (nSPS) is 10.6. The maximum absolute atomic E-state index is 12.9. The first-order valence-corrected chi connectivity index (χ1v) is 8.69. The van der Waals surface area contributed by atoms with Gasteiger partial charge in [-0.25, -0.2) is 20.5 Å². The van der Waals surface area contributed by atoms with E-state index >= 15 is 0 Å². The molecule has 0 fully saturated rings. The Balaban J connectivity index is 2.03. The minimum atomic E-state index is -0.531. The molecule has 144 valence electrons. The first kappa shape index (κ1) is 19.8. The summed E-state index contributed by atoms with van der Waals surface area (Å²) in [5.41, 5.74) is 6.87. The molecule has 0 bridgehead atoms. The number of carbonyl (C=O) groups excluding carboxylic acids is 2. The molecule has 0 aliphatic heterocycles. The zero-order valence-corrected chi connectivity index (χ0v) is 15.9. The van der Waals surface area contributed by atoms with E-state index in [4.69, 9.17) is 34.8 Å². The van der Waals surface area contributed by atoms with Gasteiger partial charge < -0.3 is 11.1 Å². The number of anilines is 2. The van der Waals surface area contributed by atoms with Crippen molar-refractivity contribution in [3.63, 3.8) is 0 Å². The number of nitrogens with one attached hydrogen (secondary N) is 1. The van der Waals surface area contributed by atoms with Crippen LogP contribution in [0.4, 0.5) is 11.4 Å². The Kier molecular flexibility index (Phi) is 5.90. The van der Waals surface area contributed by atoms with Crippen LogP contribution in [0, 0.1) is 0 Å². The molecule has 0 spiro atoms. The summed E-state index contributed by atoms with van der Waals surface area (Å²) >= 11 is 12.2. The summed E-state index contributed by atoms with van der Waals surface area (Å²) in [4.78, 5) is 28.2. The molecule has 2 heterocycles. The lowest BCUT2D eigenvalue weighted by Gasteiger charge is -2.20. The molecule has 3 rings (SSSR count). The number of benzene rings is 1. The highest BCUT2D eigenvalue weighted by molar-refractivity contribution is 6.32. The number of aromatic nitrogens is 3. The van der Waals surface area contributed by atoms with Gasteiger partial charge in [0.25, 0.3) is 5.91 Å². The number of nitrogens with two attached hydrogens (primary N) is 2. The van der Waals surface area contributed by atoms with Gasteiger partial charge in [-0.2, -0.15) is 5.10 Å². The van der Waals surface area contributed by atoms with Crippen molar-refractivity contribution < 1.29 is 9.59 Å². The predicted octanol–water partition coefficient (Wildman–Crippen LogP) is 2.12. The highest BCUT2D eigenvalue weighted by Crippen LogP contribution is 2.32. The molecule has 3 aromatic rings. The molecule has 1 aromatic carbocycles. The number of carbonyl (C=O) groups is 2. The number of rotatable bonds is 6. The van der Waals surface area contributed by atoms with Crippen LogP contribution in [0.25, 0.3) is 5.82 Å². The van der Waals surface area contributed by atoms with Crippen molar-refractivity contribution >= 4 is 46.9 Å². The maximum atomic E-state index is 12.9. The van der Waals surface area contributed by atoms with Crippen molar-refractivity contribution in [3.8, 4) is 5.82 Å². The first-order valence-electron chi connectivity index (χ1n) is 7.94. The van der Waals surface area contributed by atoms with Crippen LogP contribution < -0.4 is 21.9 Å². The Labute approximate surface area is 169 Å². The molecule has 2 amide bonds. The summed E-state index contributed by atoms with van der Waals surface area (Å²) in [6, 6.07) is 7.81. The zero-order chi connectivity index (χ0) is 20.3. The van der Waals surface area contributed by atoms with Gasteiger partial charge in [0.1, 0.15) is 5.69 Å². The van der Waals surface area contributed by atoms with Crippen LogP contribution in [0.5, 0.6) is 0 Å². The molecule has 11 heteroatoms. The number of hydrogen-bond acceptors (Lipinski definition) is 6. The molecule has 28 heavy (non-hydrogen) atoms. The monoisotopic (exact) mass is 419 g/mol. The molecule has 0 aliphatic rings. The van der Waals surface area contributed by atoms with Gasteiger partial charge in [-0.05, 0) is 35.9 Å². The van der Waals surface area contributed by atoms with Crippen molar-refractivity contribution in [2.24, 2.45) is 11.6 Å². The van der Waals surface area contributed by atoms with Crippen LogP contribution in [0.1, 0.15) is 16.1 Å². The van der Waals surface area contributed by atoms with Crippen LogP contribution in [0.2, 0.25) is 10.0 Å². The molecular formula is C17H15Cl2N7O2. The SMILES string of the molecule is NCc1cc(Cl)cc(N(N)C=O)c1NC(=O)c1ccnn1-c1ncccc1Cl. The minimum absolute atomic E-state index is 0.0567. The lowest BCUT2D eigenvalue weighted by Crippen LogP contribution is -2.31. The summed E-state index contributed by atoms with van der Waals surface area (Å²) in [6.45, 7) is 0.0567. The molecule has 0 aliphatic carbocycles. The molecule has 2 aromatic heterocycles. The van der Waals surface area contributed by atoms with Crippen LogP contribution in [-0.2, 0) is 11.3 Å². The van der Waals surface area contributed by atoms with Gasteiger partial charge in [0.05, 0.1) is 22.6 Å². The van der Waals surface area contributed by atoms with Crippen molar-refractivity contribution in [1.29, 1.82) is 0 Å². The molecule has 0 atom stereocenters. The summed E-state index contributed by atoms with van der Waals surface area (Å²) in [7, 11) is 0. The van der Waals surface area contributed by atoms with Gasteiger partial charge >= 0.3 is 0 Å². The van der Waals surface area contributed by atoms with Crippen molar-refractivity contribution in [3.05, 3.63) is 64.0 Å². The van der Waals surface area contributed by atoms with E-state index in [-0.39, 0.29) is 23.6 Å². The molecule has 0 saturated heterocycles. The smallest absolute Gasteiger partial charge is 0.274 e. The van der Waals surface area contributed by atoms with Gasteiger partial charge in [0, 0.05) is 17.8 Å². The van der Waals surface area contributed by atoms with E-state index < -0.39 is 5.91 Å². The number of hydrogen-bond donors (Lipinski definition) is 3. The number of pyridine rings is 1. The van der Waals surface area contributed by atoms with Gasteiger partial charge in [0.2, 0.25) is 6.41 Å². The average molecular weight is 420 g/mol. The fraction of sp³-hybridized carbons (Fsp3) is 0.0588. The molecule has 0 saturated carbocycles. The summed E-state index contributed by atoms with van der Waals surface area (Å²) in [5.74, 6) is 5.46. The van der Waals surface area contributed by atoms with E-state index in [1.807, 2.05) is 0 Å². The highest BCUT2D eigenvalue weighted by atomic mass is 35.5. The van der Waals surface area contributed by atoms with Crippen LogP contribution in [0.15, 0.2) is 42.7 Å². The largest absolute Gasteiger partial charge is 0.326 e. The van der Waals surface area contributed by atoms with E-state index in [1.54, 1.807) is 18.2 Å². The van der Waals surface area contributed by atoms with Gasteiger partial charge in [-0.3, -0.25) is 9.59 Å². The maximum Gasteiger partial charge on any atom is 0.274 e. The van der Waals surface area contributed by atoms with Crippen LogP contribution in [-0.4, -0.2) is 27.1 Å².